The molecule has 2 aromatic rings. The zero-order valence-electron chi connectivity index (χ0n) is 17.7. The van der Waals surface area contributed by atoms with Crippen molar-refractivity contribution in [2.24, 2.45) is 0 Å². The molecule has 0 aliphatic rings. The van der Waals surface area contributed by atoms with Crippen LogP contribution in [0.2, 0.25) is 0 Å². The molecule has 0 aliphatic heterocycles. The third-order valence-electron chi connectivity index (χ3n) is 4.81. The molecular weight excluding hydrogens is 354 g/mol. The molecule has 0 aliphatic carbocycles. The van der Waals surface area contributed by atoms with E-state index in [4.69, 9.17) is 14.2 Å². The minimum Gasteiger partial charge on any atom is -0.493 e. The third-order valence-corrected chi connectivity index (χ3v) is 4.81. The summed E-state index contributed by atoms with van der Waals surface area (Å²) >= 11 is 0. The predicted octanol–water partition coefficient (Wildman–Crippen LogP) is 4.75. The zero-order valence-corrected chi connectivity index (χ0v) is 17.7. The summed E-state index contributed by atoms with van der Waals surface area (Å²) in [5.74, 6) is 1.94. The fraction of sp³-hybridized carbons (Fsp3) is 0.435. The van der Waals surface area contributed by atoms with Gasteiger partial charge in [0.2, 0.25) is 0 Å². The molecule has 0 spiro atoms. The number of hydrogen-bond donors (Lipinski definition) is 1. The van der Waals surface area contributed by atoms with E-state index < -0.39 is 6.10 Å². The number of methoxy groups -OCH3 is 2. The second kappa shape index (κ2) is 10.0. The van der Waals surface area contributed by atoms with E-state index in [0.717, 1.165) is 28.9 Å². The van der Waals surface area contributed by atoms with E-state index in [1.165, 1.54) is 0 Å². The highest BCUT2D eigenvalue weighted by molar-refractivity contribution is 5.81. The molecule has 152 valence electrons. The normalized spacial score (nSPS) is 12.8. The Morgan fingerprint density at radius 1 is 0.929 bits per heavy atom. The molecule has 2 rings (SSSR count). The number of amides is 1. The van der Waals surface area contributed by atoms with E-state index in [9.17, 15) is 4.79 Å². The van der Waals surface area contributed by atoms with Crippen LogP contribution in [-0.4, -0.2) is 26.2 Å². The maximum Gasteiger partial charge on any atom is 0.261 e. The number of carbonyl (C=O) groups is 1. The number of hydrogen-bond acceptors (Lipinski definition) is 4. The molecular formula is C23H31NO4. The topological polar surface area (TPSA) is 56.8 Å². The number of benzene rings is 2. The van der Waals surface area contributed by atoms with Crippen LogP contribution in [0.5, 0.6) is 17.2 Å². The zero-order chi connectivity index (χ0) is 20.7. The molecule has 2 aromatic carbocycles. The number of ether oxygens (including phenoxy) is 3. The van der Waals surface area contributed by atoms with Crippen molar-refractivity contribution in [2.75, 3.05) is 14.2 Å². The standard InChI is InChI=1S/C23H31NO4/c1-7-18(17-11-12-20(26-5)22(14-17)27-6)24-23(25)19(8-2)28-21-13-15(3)9-10-16(21)4/h9-14,18-19H,7-8H2,1-6H3,(H,24,25)/t18-,19-/m0/s1. The van der Waals surface area contributed by atoms with Crippen molar-refractivity contribution in [1.29, 1.82) is 0 Å². The molecule has 0 bridgehead atoms. The SMILES string of the molecule is CC[C@H](Oc1cc(C)ccc1C)C(=O)N[C@@H](CC)c1ccc(OC)c(OC)c1. The van der Waals surface area contributed by atoms with Crippen LogP contribution in [0.15, 0.2) is 36.4 Å². The van der Waals surface area contributed by atoms with E-state index in [1.807, 2.05) is 64.1 Å². The number of carbonyl (C=O) groups excluding carboxylic acids is 1. The van der Waals surface area contributed by atoms with Crippen molar-refractivity contribution in [2.45, 2.75) is 52.7 Å². The first kappa shape index (κ1) is 21.6. The summed E-state index contributed by atoms with van der Waals surface area (Å²) in [6.45, 7) is 7.98. The first-order chi connectivity index (χ1) is 13.4. The fourth-order valence-corrected chi connectivity index (χ4v) is 3.07. The summed E-state index contributed by atoms with van der Waals surface area (Å²) in [6.07, 6.45) is 0.789. The molecule has 0 radical (unpaired) electrons. The van der Waals surface area contributed by atoms with Gasteiger partial charge in [0.1, 0.15) is 5.75 Å². The first-order valence-electron chi connectivity index (χ1n) is 9.69. The molecule has 5 heteroatoms. The second-order valence-electron chi connectivity index (χ2n) is 6.87. The predicted molar refractivity (Wildman–Crippen MR) is 111 cm³/mol. The molecule has 0 heterocycles. The smallest absolute Gasteiger partial charge is 0.261 e. The summed E-state index contributed by atoms with van der Waals surface area (Å²) in [5.41, 5.74) is 3.09. The van der Waals surface area contributed by atoms with Crippen molar-refractivity contribution in [3.8, 4) is 17.2 Å². The van der Waals surface area contributed by atoms with E-state index in [1.54, 1.807) is 14.2 Å². The van der Waals surface area contributed by atoms with Crippen LogP contribution in [-0.2, 0) is 4.79 Å². The summed E-state index contributed by atoms with van der Waals surface area (Å²) in [7, 11) is 3.21. The second-order valence-corrected chi connectivity index (χ2v) is 6.87. The average molecular weight is 386 g/mol. The van der Waals surface area contributed by atoms with Gasteiger partial charge >= 0.3 is 0 Å². The summed E-state index contributed by atoms with van der Waals surface area (Å²) in [5, 5.41) is 3.12. The van der Waals surface area contributed by atoms with Gasteiger partial charge in [0.25, 0.3) is 5.91 Å². The highest BCUT2D eigenvalue weighted by Crippen LogP contribution is 2.31. The van der Waals surface area contributed by atoms with E-state index in [-0.39, 0.29) is 11.9 Å². The summed E-state index contributed by atoms with van der Waals surface area (Å²) in [6, 6.07) is 11.6. The van der Waals surface area contributed by atoms with Crippen molar-refractivity contribution in [3.05, 3.63) is 53.1 Å². The van der Waals surface area contributed by atoms with Gasteiger partial charge < -0.3 is 19.5 Å². The Labute approximate surface area is 168 Å². The van der Waals surface area contributed by atoms with Crippen molar-refractivity contribution in [3.63, 3.8) is 0 Å². The van der Waals surface area contributed by atoms with Crippen LogP contribution in [0, 0.1) is 13.8 Å². The highest BCUT2D eigenvalue weighted by atomic mass is 16.5. The molecule has 0 unspecified atom stereocenters. The van der Waals surface area contributed by atoms with Gasteiger partial charge in [0, 0.05) is 0 Å². The Kier molecular flexibility index (Phi) is 7.73. The van der Waals surface area contributed by atoms with Crippen LogP contribution in [0.25, 0.3) is 0 Å². The maximum absolute atomic E-state index is 12.9. The molecule has 0 aromatic heterocycles. The maximum atomic E-state index is 12.9. The van der Waals surface area contributed by atoms with Gasteiger partial charge in [-0.05, 0) is 61.6 Å². The number of rotatable bonds is 9. The lowest BCUT2D eigenvalue weighted by Gasteiger charge is -2.23. The van der Waals surface area contributed by atoms with Gasteiger partial charge in [-0.15, -0.1) is 0 Å². The van der Waals surface area contributed by atoms with E-state index in [0.29, 0.717) is 17.9 Å². The van der Waals surface area contributed by atoms with Crippen LogP contribution >= 0.6 is 0 Å². The summed E-state index contributed by atoms with van der Waals surface area (Å²) < 4.78 is 16.7. The van der Waals surface area contributed by atoms with Gasteiger partial charge in [-0.2, -0.15) is 0 Å². The van der Waals surface area contributed by atoms with Gasteiger partial charge in [0.05, 0.1) is 20.3 Å². The Morgan fingerprint density at radius 3 is 2.25 bits per heavy atom. The van der Waals surface area contributed by atoms with Crippen molar-refractivity contribution >= 4 is 5.91 Å². The molecule has 28 heavy (non-hydrogen) atoms. The largest absolute Gasteiger partial charge is 0.493 e. The Morgan fingerprint density at radius 2 is 1.64 bits per heavy atom. The Bertz CT molecular complexity index is 803. The molecule has 0 saturated carbocycles. The van der Waals surface area contributed by atoms with Gasteiger partial charge in [-0.1, -0.05) is 32.0 Å². The van der Waals surface area contributed by atoms with Crippen LogP contribution in [0.4, 0.5) is 0 Å². The first-order valence-corrected chi connectivity index (χ1v) is 9.69. The number of nitrogens with one attached hydrogen (secondary N) is 1. The number of aryl methyl sites for hydroxylation is 2. The minimum atomic E-state index is -0.547. The lowest BCUT2D eigenvalue weighted by atomic mass is 10.0. The highest BCUT2D eigenvalue weighted by Gasteiger charge is 2.23. The van der Waals surface area contributed by atoms with Crippen LogP contribution in [0.3, 0.4) is 0 Å². The fourth-order valence-electron chi connectivity index (χ4n) is 3.07. The van der Waals surface area contributed by atoms with Crippen molar-refractivity contribution < 1.29 is 19.0 Å². The van der Waals surface area contributed by atoms with E-state index in [2.05, 4.69) is 5.32 Å². The molecule has 2 atom stereocenters. The minimum absolute atomic E-state index is 0.120. The van der Waals surface area contributed by atoms with E-state index >= 15 is 0 Å². The molecule has 1 amide bonds. The van der Waals surface area contributed by atoms with Gasteiger partial charge in [0.15, 0.2) is 17.6 Å². The van der Waals surface area contributed by atoms with Gasteiger partial charge in [-0.25, -0.2) is 0 Å². The van der Waals surface area contributed by atoms with Crippen LogP contribution < -0.4 is 19.5 Å². The Balaban J connectivity index is 2.16. The quantitative estimate of drug-likeness (QED) is 0.677. The lowest BCUT2D eigenvalue weighted by Crippen LogP contribution is -2.40. The average Bonchev–Trinajstić information content (AvgIpc) is 2.71. The van der Waals surface area contributed by atoms with Gasteiger partial charge in [-0.3, -0.25) is 4.79 Å². The molecule has 0 saturated heterocycles. The van der Waals surface area contributed by atoms with Crippen LogP contribution in [0.1, 0.15) is 49.4 Å². The van der Waals surface area contributed by atoms with Crippen molar-refractivity contribution in [1.82, 2.24) is 5.32 Å². The lowest BCUT2D eigenvalue weighted by molar-refractivity contribution is -0.129. The summed E-state index contributed by atoms with van der Waals surface area (Å²) in [4.78, 5) is 12.9. The third kappa shape index (κ3) is 5.18. The monoisotopic (exact) mass is 385 g/mol. The molecule has 0 fully saturated rings. The molecule has 1 N–H and O–H groups in total. The molecule has 5 nitrogen and oxygen atoms in total. The Hall–Kier alpha value is -2.69.